The van der Waals surface area contributed by atoms with Gasteiger partial charge in [0.2, 0.25) is 11.8 Å². The SMILES string of the molecule is Cc1cc(N2CCCCC2)c2cccc(OCc3c(Cl)ccc(N(C)C(=O)CNC(=O)/C=C/c4ccc(N)nc4)c3Cl)c2n1. The number of carbonyl (C=O) groups excluding carboxylic acids is 2. The molecule has 2 aromatic carbocycles. The van der Waals surface area contributed by atoms with Crippen LogP contribution in [0.2, 0.25) is 10.0 Å². The summed E-state index contributed by atoms with van der Waals surface area (Å²) in [7, 11) is 1.59. The Kier molecular flexibility index (Phi) is 9.87. The van der Waals surface area contributed by atoms with Crippen LogP contribution in [0.4, 0.5) is 17.2 Å². The monoisotopic (exact) mass is 632 g/mol. The highest BCUT2D eigenvalue weighted by molar-refractivity contribution is 6.38. The molecule has 9 nitrogen and oxygen atoms in total. The van der Waals surface area contributed by atoms with Crippen molar-refractivity contribution in [3.8, 4) is 5.75 Å². The van der Waals surface area contributed by atoms with E-state index in [0.29, 0.717) is 33.4 Å². The van der Waals surface area contributed by atoms with Crippen molar-refractivity contribution in [1.82, 2.24) is 15.3 Å². The molecule has 1 fully saturated rings. The third-order valence-corrected chi connectivity index (χ3v) is 8.30. The highest BCUT2D eigenvalue weighted by atomic mass is 35.5. The molecule has 0 spiro atoms. The summed E-state index contributed by atoms with van der Waals surface area (Å²) in [4.78, 5) is 37.8. The van der Waals surface area contributed by atoms with Crippen molar-refractivity contribution in [2.45, 2.75) is 32.8 Å². The number of piperidine rings is 1. The van der Waals surface area contributed by atoms with Gasteiger partial charge in [0, 0.05) is 59.8 Å². The number of benzene rings is 2. The average Bonchev–Trinajstić information content (AvgIpc) is 3.03. The van der Waals surface area contributed by atoms with E-state index in [-0.39, 0.29) is 24.1 Å². The van der Waals surface area contributed by atoms with E-state index in [2.05, 4.69) is 27.3 Å². The van der Waals surface area contributed by atoms with Gasteiger partial charge in [0.25, 0.3) is 0 Å². The van der Waals surface area contributed by atoms with Gasteiger partial charge in [-0.1, -0.05) is 35.3 Å². The Balaban J connectivity index is 1.28. The summed E-state index contributed by atoms with van der Waals surface area (Å²) in [6.07, 6.45) is 8.06. The number of aryl methyl sites for hydroxylation is 1. The van der Waals surface area contributed by atoms with Gasteiger partial charge in [-0.05, 0) is 74.2 Å². The van der Waals surface area contributed by atoms with E-state index >= 15 is 0 Å². The fourth-order valence-corrected chi connectivity index (χ4v) is 5.74. The zero-order valence-corrected chi connectivity index (χ0v) is 26.2. The number of carbonyl (C=O) groups is 2. The largest absolute Gasteiger partial charge is 0.487 e. The summed E-state index contributed by atoms with van der Waals surface area (Å²) in [5, 5.41) is 4.32. The smallest absolute Gasteiger partial charge is 0.246 e. The molecule has 4 aromatic rings. The minimum atomic E-state index is -0.428. The van der Waals surface area contributed by atoms with Crippen LogP contribution in [0.25, 0.3) is 17.0 Å². The molecule has 0 radical (unpaired) electrons. The molecule has 1 aliphatic rings. The van der Waals surface area contributed by atoms with Crippen LogP contribution in [0.15, 0.2) is 60.8 Å². The average molecular weight is 634 g/mol. The molecule has 0 atom stereocenters. The summed E-state index contributed by atoms with van der Waals surface area (Å²) in [6, 6.07) is 14.8. The van der Waals surface area contributed by atoms with Gasteiger partial charge in [-0.25, -0.2) is 9.97 Å². The first-order chi connectivity index (χ1) is 21.2. The van der Waals surface area contributed by atoms with Crippen LogP contribution in [0.1, 0.15) is 36.1 Å². The summed E-state index contributed by atoms with van der Waals surface area (Å²) < 4.78 is 6.28. The van der Waals surface area contributed by atoms with E-state index in [9.17, 15) is 9.59 Å². The van der Waals surface area contributed by atoms with E-state index in [1.165, 1.54) is 35.9 Å². The quantitative estimate of drug-likeness (QED) is 0.212. The fraction of sp³-hybridized carbons (Fsp3) is 0.273. The molecule has 0 saturated carbocycles. The molecule has 1 saturated heterocycles. The normalized spacial score (nSPS) is 13.3. The molecule has 0 aliphatic carbocycles. The Bertz CT molecular complexity index is 1700. The molecular weight excluding hydrogens is 599 g/mol. The standard InChI is InChI=1S/C33H34Cl2N6O3/c1-21-17-27(41-15-4-3-5-16-41)23-7-6-8-28(33(23)39-21)44-20-24-25(34)11-12-26(32(24)35)40(2)31(43)19-38-30(42)14-10-22-9-13-29(36)37-18-22/h6-14,17-18H,3-5,15-16,19-20H2,1-2H3,(H2,36,37)(H,38,42)/b14-10+. The van der Waals surface area contributed by atoms with E-state index in [0.717, 1.165) is 29.7 Å². The van der Waals surface area contributed by atoms with Crippen LogP contribution >= 0.6 is 23.2 Å². The number of rotatable bonds is 9. The molecule has 44 heavy (non-hydrogen) atoms. The maximum absolute atomic E-state index is 13.0. The summed E-state index contributed by atoms with van der Waals surface area (Å²) in [5.41, 5.74) is 10.1. The molecular formula is C33H34Cl2N6O3. The lowest BCUT2D eigenvalue weighted by Crippen LogP contribution is -2.37. The van der Waals surface area contributed by atoms with E-state index < -0.39 is 5.91 Å². The number of hydrogen-bond acceptors (Lipinski definition) is 7. The number of fused-ring (bicyclic) bond motifs is 1. The van der Waals surface area contributed by atoms with Crippen LogP contribution in [0.3, 0.4) is 0 Å². The highest BCUT2D eigenvalue weighted by Crippen LogP contribution is 2.37. The Morgan fingerprint density at radius 3 is 2.66 bits per heavy atom. The Morgan fingerprint density at radius 1 is 1.11 bits per heavy atom. The summed E-state index contributed by atoms with van der Waals surface area (Å²) in [5.74, 6) is 0.216. The van der Waals surface area contributed by atoms with Gasteiger partial charge in [0.1, 0.15) is 23.7 Å². The van der Waals surface area contributed by atoms with Crippen molar-refractivity contribution in [3.05, 3.63) is 87.7 Å². The van der Waals surface area contributed by atoms with Crippen molar-refractivity contribution >= 4 is 69.2 Å². The fourth-order valence-electron chi connectivity index (χ4n) is 5.13. The summed E-state index contributed by atoms with van der Waals surface area (Å²) in [6.45, 7) is 3.88. The number of pyridine rings is 2. The van der Waals surface area contributed by atoms with Crippen molar-refractivity contribution < 1.29 is 14.3 Å². The number of anilines is 3. The van der Waals surface area contributed by atoms with E-state index in [4.69, 9.17) is 38.7 Å². The minimum absolute atomic E-state index is 0.0723. The minimum Gasteiger partial charge on any atom is -0.487 e. The number of nitrogen functional groups attached to an aromatic ring is 1. The molecule has 11 heteroatoms. The number of nitrogens with two attached hydrogens (primary N) is 1. The van der Waals surface area contributed by atoms with Gasteiger partial charge >= 0.3 is 0 Å². The van der Waals surface area contributed by atoms with Crippen molar-refractivity contribution in [1.29, 1.82) is 0 Å². The maximum atomic E-state index is 13.0. The number of nitrogens with one attached hydrogen (secondary N) is 1. The Hall–Kier alpha value is -4.34. The van der Waals surface area contributed by atoms with Crippen molar-refractivity contribution in [2.75, 3.05) is 42.2 Å². The number of ether oxygens (including phenoxy) is 1. The lowest BCUT2D eigenvalue weighted by Gasteiger charge is -2.30. The molecule has 228 valence electrons. The van der Waals surface area contributed by atoms with Gasteiger partial charge in [0.15, 0.2) is 0 Å². The number of likely N-dealkylation sites (N-methyl/N-ethyl adjacent to an activating group) is 1. The summed E-state index contributed by atoms with van der Waals surface area (Å²) >= 11 is 13.3. The number of amides is 2. The molecule has 0 unspecified atom stereocenters. The number of aromatic nitrogens is 2. The second kappa shape index (κ2) is 14.0. The van der Waals surface area contributed by atoms with E-state index in [1.807, 2.05) is 19.1 Å². The van der Waals surface area contributed by atoms with Crippen LogP contribution in [-0.4, -0.2) is 48.5 Å². The zero-order chi connectivity index (χ0) is 31.2. The van der Waals surface area contributed by atoms with Crippen molar-refractivity contribution in [2.24, 2.45) is 0 Å². The third-order valence-electron chi connectivity index (χ3n) is 7.53. The molecule has 1 aliphatic heterocycles. The molecule has 3 heterocycles. The molecule has 2 amide bonds. The number of hydrogen-bond donors (Lipinski definition) is 2. The van der Waals surface area contributed by atoms with Gasteiger partial charge in [-0.2, -0.15) is 0 Å². The number of halogens is 2. The lowest BCUT2D eigenvalue weighted by atomic mass is 10.1. The van der Waals surface area contributed by atoms with Crippen LogP contribution < -0.4 is 25.6 Å². The van der Waals surface area contributed by atoms with E-state index in [1.54, 1.807) is 43.6 Å². The predicted molar refractivity (Wildman–Crippen MR) is 177 cm³/mol. The second-order valence-electron chi connectivity index (χ2n) is 10.7. The highest BCUT2D eigenvalue weighted by Gasteiger charge is 2.20. The Morgan fingerprint density at radius 2 is 1.91 bits per heavy atom. The number of para-hydroxylation sites is 1. The molecule has 3 N–H and O–H groups in total. The third kappa shape index (κ3) is 7.23. The number of nitrogens with zero attached hydrogens (tertiary/aromatic N) is 4. The van der Waals surface area contributed by atoms with Crippen molar-refractivity contribution in [3.63, 3.8) is 0 Å². The first-order valence-electron chi connectivity index (χ1n) is 14.4. The molecule has 0 bridgehead atoms. The maximum Gasteiger partial charge on any atom is 0.246 e. The van der Waals surface area contributed by atoms with Gasteiger partial charge in [-0.15, -0.1) is 0 Å². The predicted octanol–water partition coefficient (Wildman–Crippen LogP) is 6.19. The van der Waals surface area contributed by atoms with Gasteiger partial charge in [0.05, 0.1) is 17.3 Å². The lowest BCUT2D eigenvalue weighted by molar-refractivity contribution is -0.122. The zero-order valence-electron chi connectivity index (χ0n) is 24.6. The van der Waals surface area contributed by atoms with Gasteiger partial charge in [-0.3, -0.25) is 9.59 Å². The second-order valence-corrected chi connectivity index (χ2v) is 11.4. The Labute approximate surface area is 266 Å². The van der Waals surface area contributed by atoms with Crippen LogP contribution in [-0.2, 0) is 16.2 Å². The first-order valence-corrected chi connectivity index (χ1v) is 15.2. The topological polar surface area (TPSA) is 114 Å². The first kappa shape index (κ1) is 31.1. The van der Waals surface area contributed by atoms with Crippen LogP contribution in [0.5, 0.6) is 5.75 Å². The molecule has 5 rings (SSSR count). The van der Waals surface area contributed by atoms with Crippen LogP contribution in [0, 0.1) is 6.92 Å². The van der Waals surface area contributed by atoms with Gasteiger partial charge < -0.3 is 25.6 Å². The molecule has 2 aromatic heterocycles.